The van der Waals surface area contributed by atoms with E-state index in [-0.39, 0.29) is 0 Å². The van der Waals surface area contributed by atoms with Crippen molar-refractivity contribution in [3.05, 3.63) is 66.6 Å². The summed E-state index contributed by atoms with van der Waals surface area (Å²) in [6.07, 6.45) is 6.13. The number of anilines is 1. The van der Waals surface area contributed by atoms with Crippen LogP contribution in [0.25, 0.3) is 22.2 Å². The first-order valence-electron chi connectivity index (χ1n) is 9.29. The largest absolute Gasteiger partial charge is 0.368 e. The van der Waals surface area contributed by atoms with E-state index in [9.17, 15) is 0 Å². The van der Waals surface area contributed by atoms with Crippen molar-refractivity contribution in [2.45, 2.75) is 18.8 Å². The third-order valence-corrected chi connectivity index (χ3v) is 5.43. The number of nitrogens with zero attached hydrogens (tertiary/aromatic N) is 4. The van der Waals surface area contributed by atoms with Gasteiger partial charge in [0.1, 0.15) is 5.82 Å². The first kappa shape index (κ1) is 15.9. The van der Waals surface area contributed by atoms with Crippen molar-refractivity contribution in [2.75, 3.05) is 11.9 Å². The van der Waals surface area contributed by atoms with Gasteiger partial charge in [-0.3, -0.25) is 10.1 Å². The molecule has 0 spiro atoms. The lowest BCUT2D eigenvalue weighted by molar-refractivity contribution is 0.264. The monoisotopic (exact) mass is 356 g/mol. The van der Waals surface area contributed by atoms with Gasteiger partial charge in [0, 0.05) is 35.3 Å². The van der Waals surface area contributed by atoms with Crippen molar-refractivity contribution in [1.82, 2.24) is 25.4 Å². The summed E-state index contributed by atoms with van der Waals surface area (Å²) < 4.78 is 0. The van der Waals surface area contributed by atoms with Crippen LogP contribution in [0.1, 0.15) is 24.5 Å². The summed E-state index contributed by atoms with van der Waals surface area (Å²) in [6, 6.07) is 16.3. The van der Waals surface area contributed by atoms with E-state index >= 15 is 0 Å². The van der Waals surface area contributed by atoms with E-state index in [4.69, 9.17) is 0 Å². The van der Waals surface area contributed by atoms with Crippen molar-refractivity contribution in [1.29, 1.82) is 0 Å². The van der Waals surface area contributed by atoms with E-state index in [1.807, 2.05) is 48.8 Å². The van der Waals surface area contributed by atoms with Gasteiger partial charge in [-0.25, -0.2) is 0 Å². The van der Waals surface area contributed by atoms with Gasteiger partial charge in [-0.05, 0) is 49.1 Å². The molecule has 134 valence electrons. The number of fused-ring (bicyclic) bond motifs is 1. The number of aromatic nitrogens is 5. The van der Waals surface area contributed by atoms with Crippen LogP contribution in [0.3, 0.4) is 0 Å². The van der Waals surface area contributed by atoms with E-state index < -0.39 is 0 Å². The molecule has 3 aromatic heterocycles. The van der Waals surface area contributed by atoms with Crippen LogP contribution in [0, 0.1) is 5.92 Å². The van der Waals surface area contributed by atoms with Gasteiger partial charge in [-0.15, -0.1) is 10.2 Å². The zero-order valence-electron chi connectivity index (χ0n) is 14.8. The Bertz CT molecular complexity index is 1040. The highest BCUT2D eigenvalue weighted by Gasteiger charge is 2.32. The van der Waals surface area contributed by atoms with Crippen LogP contribution in [0.5, 0.6) is 0 Å². The minimum atomic E-state index is 0.548. The zero-order valence-corrected chi connectivity index (χ0v) is 14.8. The van der Waals surface area contributed by atoms with Gasteiger partial charge in [0.2, 0.25) is 0 Å². The molecular weight excluding hydrogens is 336 g/mol. The molecule has 5 rings (SSSR count). The average molecular weight is 356 g/mol. The Hall–Kier alpha value is -3.28. The number of rotatable bonds is 5. The minimum absolute atomic E-state index is 0.548. The first-order valence-corrected chi connectivity index (χ1v) is 9.29. The van der Waals surface area contributed by atoms with Crippen LogP contribution in [0.15, 0.2) is 60.9 Å². The number of benzene rings is 1. The summed E-state index contributed by atoms with van der Waals surface area (Å²) in [4.78, 5) is 4.51. The van der Waals surface area contributed by atoms with E-state index in [0.29, 0.717) is 11.8 Å². The standard InChI is InChI=1S/C21H20N6/c1-2-10-22-19(3-1)17-7-6-15(17)12-23-21-9-8-18(26-27-21)14-4-5-16-13-24-25-20(16)11-14/h1-5,8-11,13,15,17H,6-7,12H2,(H,23,27)(H,24,25). The Kier molecular flexibility index (Phi) is 4.01. The molecule has 0 bridgehead atoms. The molecule has 2 N–H and O–H groups in total. The molecule has 0 amide bonds. The van der Waals surface area contributed by atoms with Crippen LogP contribution < -0.4 is 5.32 Å². The molecule has 0 saturated heterocycles. The van der Waals surface area contributed by atoms with Crippen LogP contribution in [0.2, 0.25) is 0 Å². The summed E-state index contributed by atoms with van der Waals surface area (Å²) in [5.41, 5.74) is 4.08. The molecule has 4 aromatic rings. The lowest BCUT2D eigenvalue weighted by atomic mass is 9.71. The fraction of sp³-hybridized carbons (Fsp3) is 0.238. The van der Waals surface area contributed by atoms with E-state index in [0.717, 1.165) is 34.5 Å². The summed E-state index contributed by atoms with van der Waals surface area (Å²) in [7, 11) is 0. The zero-order chi connectivity index (χ0) is 18.1. The lowest BCUT2D eigenvalue weighted by Gasteiger charge is -2.36. The van der Waals surface area contributed by atoms with Crippen molar-refractivity contribution in [3.8, 4) is 11.3 Å². The Balaban J connectivity index is 1.24. The third kappa shape index (κ3) is 3.14. The molecule has 6 nitrogen and oxygen atoms in total. The number of nitrogens with one attached hydrogen (secondary N) is 2. The molecule has 2 unspecified atom stereocenters. The minimum Gasteiger partial charge on any atom is -0.368 e. The summed E-state index contributed by atoms with van der Waals surface area (Å²) in [6.45, 7) is 0.898. The molecule has 1 aromatic carbocycles. The summed E-state index contributed by atoms with van der Waals surface area (Å²) >= 11 is 0. The second kappa shape index (κ2) is 6.79. The quantitative estimate of drug-likeness (QED) is 0.564. The highest BCUT2D eigenvalue weighted by Crippen LogP contribution is 2.41. The van der Waals surface area contributed by atoms with Crippen molar-refractivity contribution >= 4 is 16.7 Å². The maximum Gasteiger partial charge on any atom is 0.148 e. The van der Waals surface area contributed by atoms with Gasteiger partial charge in [-0.2, -0.15) is 5.10 Å². The van der Waals surface area contributed by atoms with Crippen LogP contribution >= 0.6 is 0 Å². The van der Waals surface area contributed by atoms with Gasteiger partial charge >= 0.3 is 0 Å². The molecule has 1 fully saturated rings. The fourth-order valence-electron chi connectivity index (χ4n) is 3.71. The smallest absolute Gasteiger partial charge is 0.148 e. The van der Waals surface area contributed by atoms with Crippen LogP contribution in [-0.4, -0.2) is 31.9 Å². The molecule has 1 aliphatic rings. The van der Waals surface area contributed by atoms with Crippen molar-refractivity contribution in [2.24, 2.45) is 5.92 Å². The SMILES string of the molecule is c1ccc(C2CCC2CNc2ccc(-c3ccc4cn[nH]c4c3)nn2)nc1. The van der Waals surface area contributed by atoms with Crippen molar-refractivity contribution in [3.63, 3.8) is 0 Å². The lowest BCUT2D eigenvalue weighted by Crippen LogP contribution is -2.30. The molecule has 1 saturated carbocycles. The highest BCUT2D eigenvalue weighted by molar-refractivity contribution is 5.83. The Morgan fingerprint density at radius 2 is 2.04 bits per heavy atom. The predicted molar refractivity (Wildman–Crippen MR) is 105 cm³/mol. The molecule has 6 heteroatoms. The van der Waals surface area contributed by atoms with Gasteiger partial charge in [-0.1, -0.05) is 18.2 Å². The number of aromatic amines is 1. The van der Waals surface area contributed by atoms with Crippen LogP contribution in [0.4, 0.5) is 5.82 Å². The molecule has 3 heterocycles. The number of hydrogen-bond acceptors (Lipinski definition) is 5. The third-order valence-electron chi connectivity index (χ3n) is 5.43. The summed E-state index contributed by atoms with van der Waals surface area (Å²) in [5.74, 6) is 1.96. The summed E-state index contributed by atoms with van der Waals surface area (Å²) in [5, 5.41) is 20.3. The molecule has 27 heavy (non-hydrogen) atoms. The Morgan fingerprint density at radius 1 is 1.04 bits per heavy atom. The van der Waals surface area contributed by atoms with Crippen LogP contribution in [-0.2, 0) is 0 Å². The van der Waals surface area contributed by atoms with E-state index in [1.165, 1.54) is 18.5 Å². The molecule has 2 atom stereocenters. The maximum atomic E-state index is 4.51. The van der Waals surface area contributed by atoms with Gasteiger partial charge in [0.15, 0.2) is 0 Å². The Labute approximate surface area is 157 Å². The van der Waals surface area contributed by atoms with Gasteiger partial charge in [0.05, 0.1) is 17.4 Å². The first-order chi connectivity index (χ1) is 13.4. The molecular formula is C21H20N6. The van der Waals surface area contributed by atoms with Gasteiger partial charge in [0.25, 0.3) is 0 Å². The van der Waals surface area contributed by atoms with E-state index in [1.54, 1.807) is 0 Å². The number of pyridine rings is 1. The number of H-pyrrole nitrogens is 1. The van der Waals surface area contributed by atoms with Crippen molar-refractivity contribution < 1.29 is 0 Å². The molecule has 1 aliphatic carbocycles. The fourth-order valence-corrected chi connectivity index (χ4v) is 3.71. The maximum absolute atomic E-state index is 4.51. The molecule has 0 radical (unpaired) electrons. The van der Waals surface area contributed by atoms with E-state index in [2.05, 4.69) is 42.8 Å². The second-order valence-electron chi connectivity index (χ2n) is 7.06. The van der Waals surface area contributed by atoms with Gasteiger partial charge < -0.3 is 5.32 Å². The molecule has 0 aliphatic heterocycles. The second-order valence-corrected chi connectivity index (χ2v) is 7.06. The highest BCUT2D eigenvalue weighted by atomic mass is 15.2. The predicted octanol–water partition coefficient (Wildman–Crippen LogP) is 4.02. The topological polar surface area (TPSA) is 79.4 Å². The normalized spacial score (nSPS) is 19.0. The average Bonchev–Trinajstić information content (AvgIpc) is 3.16. The number of hydrogen-bond donors (Lipinski definition) is 2. The Morgan fingerprint density at radius 3 is 2.81 bits per heavy atom.